The average molecular weight is 398 g/mol. The molecular weight excluding hydrogens is 379 g/mol. The maximum Gasteiger partial charge on any atom is 0.259 e. The molecule has 0 aliphatic heterocycles. The highest BCUT2D eigenvalue weighted by Gasteiger charge is 2.17. The first-order valence-electron chi connectivity index (χ1n) is 9.57. The van der Waals surface area contributed by atoms with Gasteiger partial charge in [0.1, 0.15) is 5.82 Å². The van der Waals surface area contributed by atoms with Crippen molar-refractivity contribution in [1.82, 2.24) is 15.0 Å². The number of nitrogens with zero attached hydrogens (tertiary/aromatic N) is 3. The van der Waals surface area contributed by atoms with Crippen LogP contribution in [0.2, 0.25) is 0 Å². The Labute approximate surface area is 173 Å². The summed E-state index contributed by atoms with van der Waals surface area (Å²) in [5.74, 6) is -0.231. The lowest BCUT2D eigenvalue weighted by Crippen LogP contribution is -2.15. The van der Waals surface area contributed by atoms with Crippen molar-refractivity contribution < 1.29 is 9.18 Å². The first-order valence-corrected chi connectivity index (χ1v) is 9.57. The molecule has 0 unspecified atom stereocenters. The number of halogens is 1. The Bertz CT molecular complexity index is 1180. The van der Waals surface area contributed by atoms with Crippen LogP contribution in [0.4, 0.5) is 10.1 Å². The molecule has 4 rings (SSSR count). The summed E-state index contributed by atoms with van der Waals surface area (Å²) in [7, 11) is 0. The maximum absolute atomic E-state index is 13.3. The Kier molecular flexibility index (Phi) is 5.57. The van der Waals surface area contributed by atoms with Crippen LogP contribution in [-0.4, -0.2) is 20.9 Å². The van der Waals surface area contributed by atoms with Gasteiger partial charge in [-0.05, 0) is 60.5 Å². The lowest BCUT2D eigenvalue weighted by Gasteiger charge is -2.12. The highest BCUT2D eigenvalue weighted by molar-refractivity contribution is 6.08. The zero-order chi connectivity index (χ0) is 20.9. The number of benzene rings is 2. The quantitative estimate of drug-likeness (QED) is 0.504. The predicted octanol–water partition coefficient (Wildman–Crippen LogP) is 5.16. The normalized spacial score (nSPS) is 10.6. The largest absolute Gasteiger partial charge is 0.322 e. The Balaban J connectivity index is 1.74. The molecule has 0 atom stereocenters. The number of nitrogens with one attached hydrogen (secondary N) is 1. The summed E-state index contributed by atoms with van der Waals surface area (Å²) in [6.07, 6.45) is 5.66. The van der Waals surface area contributed by atoms with E-state index in [1.165, 1.54) is 18.3 Å². The Hall–Kier alpha value is -3.93. The van der Waals surface area contributed by atoms with E-state index in [4.69, 9.17) is 0 Å². The number of aromatic nitrogens is 3. The summed E-state index contributed by atoms with van der Waals surface area (Å²) in [6.45, 7) is 2.06. The lowest BCUT2D eigenvalue weighted by molar-refractivity contribution is 0.102. The molecule has 0 aliphatic carbocycles. The standard InChI is InChI=1S/C24H19FN4O/c1-2-16-4-3-5-20(14-16)28-24(30)21-15-27-23(18-6-8-19(25)9-7-18)29-22(21)17-10-12-26-13-11-17/h3-15H,2H2,1H3,(H,28,30). The molecule has 30 heavy (non-hydrogen) atoms. The topological polar surface area (TPSA) is 67.8 Å². The summed E-state index contributed by atoms with van der Waals surface area (Å²) in [4.78, 5) is 26.0. The molecule has 0 saturated carbocycles. The molecule has 0 fully saturated rings. The van der Waals surface area contributed by atoms with Gasteiger partial charge in [0, 0.05) is 35.4 Å². The number of hydrogen-bond acceptors (Lipinski definition) is 4. The van der Waals surface area contributed by atoms with Crippen molar-refractivity contribution in [2.75, 3.05) is 5.32 Å². The van der Waals surface area contributed by atoms with Crippen LogP contribution in [0.5, 0.6) is 0 Å². The average Bonchev–Trinajstić information content (AvgIpc) is 2.80. The van der Waals surface area contributed by atoms with E-state index < -0.39 is 0 Å². The molecule has 2 heterocycles. The van der Waals surface area contributed by atoms with Crippen molar-refractivity contribution in [3.8, 4) is 22.6 Å². The second kappa shape index (κ2) is 8.61. The first-order chi connectivity index (χ1) is 14.6. The van der Waals surface area contributed by atoms with Gasteiger partial charge in [-0.1, -0.05) is 19.1 Å². The zero-order valence-electron chi connectivity index (χ0n) is 16.3. The molecular formula is C24H19FN4O. The number of pyridine rings is 1. The van der Waals surface area contributed by atoms with Crippen molar-refractivity contribution >= 4 is 11.6 Å². The molecule has 5 nitrogen and oxygen atoms in total. The zero-order valence-corrected chi connectivity index (χ0v) is 16.3. The summed E-state index contributed by atoms with van der Waals surface area (Å²) >= 11 is 0. The van der Waals surface area contributed by atoms with E-state index in [1.807, 2.05) is 24.3 Å². The number of aryl methyl sites for hydroxylation is 1. The van der Waals surface area contributed by atoms with E-state index in [2.05, 4.69) is 27.2 Å². The van der Waals surface area contributed by atoms with Gasteiger partial charge in [-0.3, -0.25) is 9.78 Å². The summed E-state index contributed by atoms with van der Waals surface area (Å²) in [5.41, 5.74) is 4.06. The van der Waals surface area contributed by atoms with Crippen molar-refractivity contribution in [2.24, 2.45) is 0 Å². The van der Waals surface area contributed by atoms with Crippen LogP contribution in [0, 0.1) is 5.82 Å². The van der Waals surface area contributed by atoms with E-state index in [1.54, 1.807) is 36.7 Å². The lowest BCUT2D eigenvalue weighted by atomic mass is 10.1. The van der Waals surface area contributed by atoms with Crippen LogP contribution in [0.1, 0.15) is 22.8 Å². The molecule has 1 N–H and O–H groups in total. The third-order valence-electron chi connectivity index (χ3n) is 4.68. The van der Waals surface area contributed by atoms with Gasteiger partial charge in [-0.25, -0.2) is 14.4 Å². The minimum Gasteiger partial charge on any atom is -0.322 e. The molecule has 0 saturated heterocycles. The number of carbonyl (C=O) groups excluding carboxylic acids is 1. The number of hydrogen-bond donors (Lipinski definition) is 1. The predicted molar refractivity (Wildman–Crippen MR) is 114 cm³/mol. The van der Waals surface area contributed by atoms with Gasteiger partial charge in [-0.15, -0.1) is 0 Å². The minimum absolute atomic E-state index is 0.305. The van der Waals surface area contributed by atoms with Crippen molar-refractivity contribution in [2.45, 2.75) is 13.3 Å². The Morgan fingerprint density at radius 1 is 1.00 bits per heavy atom. The van der Waals surface area contributed by atoms with Gasteiger partial charge in [0.15, 0.2) is 5.82 Å². The third kappa shape index (κ3) is 4.22. The molecule has 0 spiro atoms. The highest BCUT2D eigenvalue weighted by Crippen LogP contribution is 2.25. The maximum atomic E-state index is 13.3. The van der Waals surface area contributed by atoms with Crippen molar-refractivity contribution in [3.05, 3.63) is 96.2 Å². The van der Waals surface area contributed by atoms with Gasteiger partial charge in [0.05, 0.1) is 11.3 Å². The van der Waals surface area contributed by atoms with Gasteiger partial charge in [0.25, 0.3) is 5.91 Å². The summed E-state index contributed by atoms with van der Waals surface area (Å²) in [5, 5.41) is 2.93. The summed E-state index contributed by atoms with van der Waals surface area (Å²) in [6, 6.07) is 17.2. The van der Waals surface area contributed by atoms with Gasteiger partial charge < -0.3 is 5.32 Å². The van der Waals surface area contributed by atoms with Gasteiger partial charge >= 0.3 is 0 Å². The second-order valence-corrected chi connectivity index (χ2v) is 6.71. The van der Waals surface area contributed by atoms with Crippen molar-refractivity contribution in [3.63, 3.8) is 0 Å². The Morgan fingerprint density at radius 2 is 1.77 bits per heavy atom. The van der Waals surface area contributed by atoms with Crippen LogP contribution < -0.4 is 5.32 Å². The van der Waals surface area contributed by atoms with Gasteiger partial charge in [0.2, 0.25) is 0 Å². The van der Waals surface area contributed by atoms with Crippen LogP contribution in [-0.2, 0) is 6.42 Å². The molecule has 2 aromatic carbocycles. The molecule has 6 heteroatoms. The smallest absolute Gasteiger partial charge is 0.259 e. The van der Waals surface area contributed by atoms with Crippen LogP contribution in [0.15, 0.2) is 79.3 Å². The highest BCUT2D eigenvalue weighted by atomic mass is 19.1. The molecule has 0 bridgehead atoms. The molecule has 2 aromatic heterocycles. The molecule has 0 aliphatic rings. The fourth-order valence-corrected chi connectivity index (χ4v) is 3.08. The first kappa shape index (κ1) is 19.4. The number of rotatable bonds is 5. The fraction of sp³-hybridized carbons (Fsp3) is 0.0833. The van der Waals surface area contributed by atoms with Gasteiger partial charge in [-0.2, -0.15) is 0 Å². The van der Waals surface area contributed by atoms with E-state index in [0.29, 0.717) is 28.3 Å². The van der Waals surface area contributed by atoms with Crippen LogP contribution in [0.3, 0.4) is 0 Å². The van der Waals surface area contributed by atoms with Crippen LogP contribution in [0.25, 0.3) is 22.6 Å². The minimum atomic E-state index is -0.335. The van der Waals surface area contributed by atoms with Crippen LogP contribution >= 0.6 is 0 Å². The monoisotopic (exact) mass is 398 g/mol. The number of carbonyl (C=O) groups is 1. The van der Waals surface area contributed by atoms with Crippen molar-refractivity contribution in [1.29, 1.82) is 0 Å². The fourth-order valence-electron chi connectivity index (χ4n) is 3.08. The molecule has 0 radical (unpaired) electrons. The second-order valence-electron chi connectivity index (χ2n) is 6.71. The molecule has 4 aromatic rings. The molecule has 1 amide bonds. The van der Waals surface area contributed by atoms with E-state index in [-0.39, 0.29) is 11.7 Å². The third-order valence-corrected chi connectivity index (χ3v) is 4.68. The van der Waals surface area contributed by atoms with E-state index in [0.717, 1.165) is 17.5 Å². The Morgan fingerprint density at radius 3 is 2.50 bits per heavy atom. The number of anilines is 1. The number of amides is 1. The van der Waals surface area contributed by atoms with E-state index in [9.17, 15) is 9.18 Å². The SMILES string of the molecule is CCc1cccc(NC(=O)c2cnc(-c3ccc(F)cc3)nc2-c2ccncc2)c1. The van der Waals surface area contributed by atoms with E-state index >= 15 is 0 Å². The summed E-state index contributed by atoms with van der Waals surface area (Å²) < 4.78 is 13.3. The molecule has 148 valence electrons.